The van der Waals surface area contributed by atoms with Gasteiger partial charge in [0.15, 0.2) is 0 Å². The van der Waals surface area contributed by atoms with E-state index < -0.39 is 0 Å². The van der Waals surface area contributed by atoms with Gasteiger partial charge in [0.05, 0.1) is 5.11 Å². The number of hydrazine groups is 1. The van der Waals surface area contributed by atoms with Crippen molar-refractivity contribution >= 4 is 28.3 Å². The molecule has 1 rings (SSSR count). The molecule has 0 saturated heterocycles. The number of azo groups is 1. The molecule has 0 spiro atoms. The molecule has 0 unspecified atom stereocenters. The van der Waals surface area contributed by atoms with Crippen LogP contribution in [0.1, 0.15) is 0 Å². The average Bonchev–Trinajstić information content (AvgIpc) is 2.34. The van der Waals surface area contributed by atoms with Crippen molar-refractivity contribution in [3.05, 3.63) is 36.3 Å². The summed E-state index contributed by atoms with van der Waals surface area (Å²) in [4.78, 5) is 2.03. The lowest BCUT2D eigenvalue weighted by molar-refractivity contribution is -0.507. The third kappa shape index (κ3) is 4.21. The molecule has 0 atom stereocenters. The van der Waals surface area contributed by atoms with Gasteiger partial charge in [-0.2, -0.15) is 4.68 Å². The van der Waals surface area contributed by atoms with Gasteiger partial charge in [-0.3, -0.25) is 5.84 Å². The summed E-state index contributed by atoms with van der Waals surface area (Å²) in [5, 5.41) is 10.4. The van der Waals surface area contributed by atoms with Crippen LogP contribution in [-0.2, 0) is 0 Å². The molecule has 96 valence electrons. The predicted octanol–water partition coefficient (Wildman–Crippen LogP) is 2.58. The van der Waals surface area contributed by atoms with E-state index in [4.69, 9.17) is 5.84 Å². The Morgan fingerprint density at radius 1 is 1.39 bits per heavy atom. The molecule has 0 aliphatic carbocycles. The van der Waals surface area contributed by atoms with Gasteiger partial charge < -0.3 is 4.90 Å². The summed E-state index contributed by atoms with van der Waals surface area (Å²) in [6, 6.07) is 7.79. The van der Waals surface area contributed by atoms with E-state index in [2.05, 4.69) is 16.8 Å². The highest BCUT2D eigenvalue weighted by molar-refractivity contribution is 8.16. The standard InChI is InChI=1S/C12H18N5S/c1-5-18-12(17(4)13)15-14-10-6-8-11(9-7-10)16(2)3/h5-9H,1,13H2,2-4H3/q+1. The highest BCUT2D eigenvalue weighted by Gasteiger charge is 2.08. The predicted molar refractivity (Wildman–Crippen MR) is 78.5 cm³/mol. The van der Waals surface area contributed by atoms with Crippen molar-refractivity contribution in [3.63, 3.8) is 0 Å². The number of thioether (sulfide) groups is 1. The number of nitrogens with zero attached hydrogens (tertiary/aromatic N) is 4. The van der Waals surface area contributed by atoms with Crippen molar-refractivity contribution in [1.82, 2.24) is 0 Å². The number of amidine groups is 1. The number of nitrogens with two attached hydrogens (primary N) is 1. The van der Waals surface area contributed by atoms with Crippen LogP contribution in [0.3, 0.4) is 0 Å². The zero-order valence-electron chi connectivity index (χ0n) is 10.9. The van der Waals surface area contributed by atoms with E-state index >= 15 is 0 Å². The van der Waals surface area contributed by atoms with Gasteiger partial charge in [0.25, 0.3) is 0 Å². The number of hydrogen-bond acceptors (Lipinski definition) is 4. The maximum atomic E-state index is 5.62. The van der Waals surface area contributed by atoms with Crippen molar-refractivity contribution in [3.8, 4) is 0 Å². The molecule has 2 N–H and O–H groups in total. The zero-order valence-corrected chi connectivity index (χ0v) is 11.7. The van der Waals surface area contributed by atoms with Crippen LogP contribution in [0.25, 0.3) is 0 Å². The normalized spacial score (nSPS) is 12.4. The van der Waals surface area contributed by atoms with Gasteiger partial charge in [-0.25, -0.2) is 0 Å². The Morgan fingerprint density at radius 3 is 2.44 bits per heavy atom. The molecule has 0 aliphatic heterocycles. The zero-order chi connectivity index (χ0) is 13.5. The van der Waals surface area contributed by atoms with E-state index in [1.165, 1.54) is 16.4 Å². The van der Waals surface area contributed by atoms with Crippen LogP contribution >= 0.6 is 11.8 Å². The number of hydrazone groups is 1. The molecule has 6 heteroatoms. The van der Waals surface area contributed by atoms with Crippen LogP contribution in [0.2, 0.25) is 0 Å². The maximum Gasteiger partial charge on any atom is 0.407 e. The van der Waals surface area contributed by atoms with Crippen LogP contribution in [0.4, 0.5) is 11.4 Å². The molecule has 5 nitrogen and oxygen atoms in total. The molecule has 0 heterocycles. The monoisotopic (exact) mass is 264 g/mol. The molecule has 0 aromatic heterocycles. The fourth-order valence-electron chi connectivity index (χ4n) is 1.17. The second-order valence-corrected chi connectivity index (χ2v) is 4.72. The molecule has 0 bridgehead atoms. The van der Waals surface area contributed by atoms with Crippen molar-refractivity contribution in [2.24, 2.45) is 16.1 Å². The fourth-order valence-corrected chi connectivity index (χ4v) is 1.57. The summed E-state index contributed by atoms with van der Waals surface area (Å²) in [6.45, 7) is 3.62. The summed E-state index contributed by atoms with van der Waals surface area (Å²) in [6.07, 6.45) is 0. The van der Waals surface area contributed by atoms with Crippen molar-refractivity contribution in [2.45, 2.75) is 0 Å². The Kier molecular flexibility index (Phi) is 5.38. The van der Waals surface area contributed by atoms with Crippen molar-refractivity contribution in [1.29, 1.82) is 0 Å². The molecular weight excluding hydrogens is 246 g/mol. The van der Waals surface area contributed by atoms with Gasteiger partial charge in [0.2, 0.25) is 0 Å². The second kappa shape index (κ2) is 6.80. The lowest BCUT2D eigenvalue weighted by Crippen LogP contribution is -2.19. The van der Waals surface area contributed by atoms with Gasteiger partial charge in [-0.15, -0.1) is 0 Å². The van der Waals surface area contributed by atoms with Gasteiger partial charge in [0, 0.05) is 19.8 Å². The summed E-state index contributed by atoms with van der Waals surface area (Å²) in [5.74, 6) is 5.62. The summed E-state index contributed by atoms with van der Waals surface area (Å²) in [5.41, 5.74) is 1.90. The Bertz CT molecular complexity index is 458. The first-order chi connectivity index (χ1) is 8.54. The van der Waals surface area contributed by atoms with E-state index in [1.807, 2.05) is 43.3 Å². The van der Waals surface area contributed by atoms with Gasteiger partial charge >= 0.3 is 5.17 Å². The first kappa shape index (κ1) is 14.2. The minimum atomic E-state index is 0.585. The number of hydrogen-bond donors (Lipinski definition) is 1. The van der Waals surface area contributed by atoms with Crippen LogP contribution < -0.4 is 10.7 Å². The Morgan fingerprint density at radius 2 is 2.00 bits per heavy atom. The topological polar surface area (TPSA) is 57.0 Å². The second-order valence-electron chi connectivity index (χ2n) is 3.79. The van der Waals surface area contributed by atoms with Gasteiger partial charge in [-0.05, 0) is 46.5 Å². The quantitative estimate of drug-likeness (QED) is 0.228. The molecule has 0 aliphatic rings. The number of benzene rings is 1. The van der Waals surface area contributed by atoms with E-state index in [1.54, 1.807) is 12.5 Å². The van der Waals surface area contributed by atoms with Crippen LogP contribution in [0.15, 0.2) is 46.5 Å². The third-order valence-electron chi connectivity index (χ3n) is 2.11. The van der Waals surface area contributed by atoms with E-state index in [-0.39, 0.29) is 0 Å². The van der Waals surface area contributed by atoms with Crippen molar-refractivity contribution < 1.29 is 4.68 Å². The lowest BCUT2D eigenvalue weighted by Gasteiger charge is -2.11. The minimum absolute atomic E-state index is 0.585. The molecule has 0 amide bonds. The summed E-state index contributed by atoms with van der Waals surface area (Å²) < 4.78 is 1.41. The lowest BCUT2D eigenvalue weighted by atomic mass is 10.3. The van der Waals surface area contributed by atoms with E-state index in [0.717, 1.165) is 11.4 Å². The highest BCUT2D eigenvalue weighted by atomic mass is 32.2. The van der Waals surface area contributed by atoms with Gasteiger partial charge in [0.1, 0.15) is 12.7 Å². The summed E-state index contributed by atoms with van der Waals surface area (Å²) in [7, 11) is 5.69. The van der Waals surface area contributed by atoms with Crippen LogP contribution in [-0.4, -0.2) is 31.0 Å². The number of rotatable bonds is 3. The first-order valence-electron chi connectivity index (χ1n) is 5.36. The maximum absolute atomic E-state index is 5.62. The Balaban J connectivity index is 2.83. The molecular formula is C12H18N5S+. The molecule has 0 saturated carbocycles. The molecule has 0 radical (unpaired) electrons. The molecule has 1 aromatic carbocycles. The van der Waals surface area contributed by atoms with Gasteiger partial charge in [-0.1, -0.05) is 6.58 Å². The fraction of sp³-hybridized carbons (Fsp3) is 0.250. The largest absolute Gasteiger partial charge is 0.407 e. The van der Waals surface area contributed by atoms with Crippen LogP contribution in [0, 0.1) is 0 Å². The smallest absolute Gasteiger partial charge is 0.378 e. The molecule has 18 heavy (non-hydrogen) atoms. The first-order valence-corrected chi connectivity index (χ1v) is 6.24. The third-order valence-corrected chi connectivity index (χ3v) is 2.85. The molecule has 1 aromatic rings. The minimum Gasteiger partial charge on any atom is -0.378 e. The Hall–Kier alpha value is -1.82. The highest BCUT2D eigenvalue weighted by Crippen LogP contribution is 2.19. The van der Waals surface area contributed by atoms with E-state index in [9.17, 15) is 0 Å². The SMILES string of the molecule is C=CS/C(N=Nc1ccc(N(C)C)cc1)=[N+](/C)N. The van der Waals surface area contributed by atoms with E-state index in [0.29, 0.717) is 5.17 Å². The Labute approximate surface area is 112 Å². The van der Waals surface area contributed by atoms with Crippen LogP contribution in [0.5, 0.6) is 0 Å². The summed E-state index contributed by atoms with van der Waals surface area (Å²) >= 11 is 1.32. The number of anilines is 1. The average molecular weight is 264 g/mol. The van der Waals surface area contributed by atoms with Crippen molar-refractivity contribution in [2.75, 3.05) is 26.0 Å². The molecule has 0 fully saturated rings.